The summed E-state index contributed by atoms with van der Waals surface area (Å²) in [5.74, 6) is -0.362. The van der Waals surface area contributed by atoms with Crippen molar-refractivity contribution in [1.29, 1.82) is 0 Å². The van der Waals surface area contributed by atoms with Crippen molar-refractivity contribution in [1.82, 2.24) is 10.2 Å². The lowest BCUT2D eigenvalue weighted by Gasteiger charge is -2.36. The van der Waals surface area contributed by atoms with Crippen LogP contribution in [-0.2, 0) is 6.18 Å². The number of hydrogen-bond acceptors (Lipinski definition) is 3. The lowest BCUT2D eigenvalue weighted by molar-refractivity contribution is -0.137. The Kier molecular flexibility index (Phi) is 4.95. The standard InChI is InChI=1S/C15H19F3N2O2/c1-3-12-9-19-4-5-20(12)14(21)10-6-11(15(16,17)18)8-13(7-10)22-2/h6-8,12,19H,3-5,9H2,1-2H3. The van der Waals surface area contributed by atoms with E-state index < -0.39 is 17.6 Å². The molecule has 1 aliphatic rings. The number of halogens is 3. The van der Waals surface area contributed by atoms with Gasteiger partial charge in [-0.2, -0.15) is 13.2 Å². The molecule has 1 amide bonds. The molecule has 1 heterocycles. The van der Waals surface area contributed by atoms with Crippen LogP contribution in [-0.4, -0.2) is 43.6 Å². The summed E-state index contributed by atoms with van der Waals surface area (Å²) in [6.07, 6.45) is -3.77. The zero-order valence-corrected chi connectivity index (χ0v) is 12.5. The number of nitrogens with one attached hydrogen (secondary N) is 1. The molecule has 4 nitrogen and oxygen atoms in total. The number of piperazine rings is 1. The van der Waals surface area contributed by atoms with Crippen LogP contribution in [0, 0.1) is 0 Å². The van der Waals surface area contributed by atoms with Crippen LogP contribution in [0.2, 0.25) is 0 Å². The van der Waals surface area contributed by atoms with Crippen LogP contribution in [0.5, 0.6) is 5.75 Å². The van der Waals surface area contributed by atoms with Crippen molar-refractivity contribution < 1.29 is 22.7 Å². The van der Waals surface area contributed by atoms with Gasteiger partial charge in [-0.15, -0.1) is 0 Å². The van der Waals surface area contributed by atoms with Crippen LogP contribution >= 0.6 is 0 Å². The normalized spacial score (nSPS) is 19.1. The quantitative estimate of drug-likeness (QED) is 0.932. The second-order valence-electron chi connectivity index (χ2n) is 5.21. The number of hydrogen-bond donors (Lipinski definition) is 1. The van der Waals surface area contributed by atoms with Crippen LogP contribution in [0.3, 0.4) is 0 Å². The van der Waals surface area contributed by atoms with E-state index in [0.29, 0.717) is 19.6 Å². The van der Waals surface area contributed by atoms with E-state index >= 15 is 0 Å². The van der Waals surface area contributed by atoms with Gasteiger partial charge in [0.1, 0.15) is 5.75 Å². The zero-order chi connectivity index (χ0) is 16.3. The molecule has 1 aromatic carbocycles. The molecule has 7 heteroatoms. The summed E-state index contributed by atoms with van der Waals surface area (Å²) >= 11 is 0. The molecule has 1 fully saturated rings. The Morgan fingerprint density at radius 2 is 2.14 bits per heavy atom. The molecular formula is C15H19F3N2O2. The number of nitrogens with zero attached hydrogens (tertiary/aromatic N) is 1. The molecule has 0 aliphatic carbocycles. The highest BCUT2D eigenvalue weighted by Crippen LogP contribution is 2.33. The Labute approximate surface area is 127 Å². The minimum absolute atomic E-state index is 0.00650. The highest BCUT2D eigenvalue weighted by Gasteiger charge is 2.33. The second-order valence-corrected chi connectivity index (χ2v) is 5.21. The molecule has 0 spiro atoms. The SMILES string of the molecule is CCC1CNCCN1C(=O)c1cc(OC)cc(C(F)(F)F)c1. The zero-order valence-electron chi connectivity index (χ0n) is 12.5. The van der Waals surface area contributed by atoms with Crippen LogP contribution < -0.4 is 10.1 Å². The minimum Gasteiger partial charge on any atom is -0.497 e. The van der Waals surface area contributed by atoms with E-state index in [2.05, 4.69) is 5.32 Å². The van der Waals surface area contributed by atoms with E-state index in [1.807, 2.05) is 6.92 Å². The fourth-order valence-corrected chi connectivity index (χ4v) is 2.56. The fourth-order valence-electron chi connectivity index (χ4n) is 2.56. The summed E-state index contributed by atoms with van der Waals surface area (Å²) in [4.78, 5) is 14.2. The number of rotatable bonds is 3. The van der Waals surface area contributed by atoms with Crippen molar-refractivity contribution in [2.45, 2.75) is 25.6 Å². The van der Waals surface area contributed by atoms with Crippen LogP contribution in [0.15, 0.2) is 18.2 Å². The molecule has 1 saturated heterocycles. The number of carbonyl (C=O) groups is 1. The highest BCUT2D eigenvalue weighted by atomic mass is 19.4. The number of carbonyl (C=O) groups excluding carboxylic acids is 1. The summed E-state index contributed by atoms with van der Waals surface area (Å²) in [6, 6.07) is 3.12. The molecule has 1 atom stereocenters. The average molecular weight is 316 g/mol. The lowest BCUT2D eigenvalue weighted by Crippen LogP contribution is -2.53. The Bertz CT molecular complexity index is 546. The van der Waals surface area contributed by atoms with Gasteiger partial charge in [-0.25, -0.2) is 0 Å². The number of amides is 1. The maximum atomic E-state index is 12.9. The highest BCUT2D eigenvalue weighted by molar-refractivity contribution is 5.95. The van der Waals surface area contributed by atoms with Crippen molar-refractivity contribution in [2.24, 2.45) is 0 Å². The second kappa shape index (κ2) is 6.56. The van der Waals surface area contributed by atoms with Gasteiger partial charge in [-0.1, -0.05) is 6.92 Å². The number of methoxy groups -OCH3 is 1. The van der Waals surface area contributed by atoms with Crippen LogP contribution in [0.4, 0.5) is 13.2 Å². The Hall–Kier alpha value is -1.76. The van der Waals surface area contributed by atoms with Gasteiger partial charge in [0.15, 0.2) is 0 Å². The first-order valence-corrected chi connectivity index (χ1v) is 7.14. The van der Waals surface area contributed by atoms with Crippen molar-refractivity contribution in [3.05, 3.63) is 29.3 Å². The third kappa shape index (κ3) is 3.52. The molecule has 1 unspecified atom stereocenters. The van der Waals surface area contributed by atoms with Crippen molar-refractivity contribution in [2.75, 3.05) is 26.7 Å². The third-order valence-corrected chi connectivity index (χ3v) is 3.80. The number of benzene rings is 1. The Balaban J connectivity index is 2.36. The van der Waals surface area contributed by atoms with E-state index in [-0.39, 0.29) is 17.4 Å². The molecule has 2 rings (SSSR count). The van der Waals surface area contributed by atoms with Gasteiger partial charge in [0.05, 0.1) is 12.7 Å². The maximum absolute atomic E-state index is 12.9. The minimum atomic E-state index is -4.52. The van der Waals surface area contributed by atoms with Crippen LogP contribution in [0.25, 0.3) is 0 Å². The van der Waals surface area contributed by atoms with E-state index in [0.717, 1.165) is 18.6 Å². The van der Waals surface area contributed by atoms with Gasteiger partial charge in [-0.05, 0) is 24.6 Å². The summed E-state index contributed by atoms with van der Waals surface area (Å²) < 4.78 is 43.7. The van der Waals surface area contributed by atoms with Crippen LogP contribution in [0.1, 0.15) is 29.3 Å². The molecule has 0 bridgehead atoms. The van der Waals surface area contributed by atoms with Gasteiger partial charge < -0.3 is 15.0 Å². The average Bonchev–Trinajstić information content (AvgIpc) is 2.52. The molecule has 1 aliphatic heterocycles. The third-order valence-electron chi connectivity index (χ3n) is 3.80. The van der Waals surface area contributed by atoms with Gasteiger partial charge >= 0.3 is 6.18 Å². The van der Waals surface area contributed by atoms with Gasteiger partial charge in [0.25, 0.3) is 5.91 Å². The van der Waals surface area contributed by atoms with E-state index in [9.17, 15) is 18.0 Å². The topological polar surface area (TPSA) is 41.6 Å². The molecule has 0 aromatic heterocycles. The first-order valence-electron chi connectivity index (χ1n) is 7.14. The Morgan fingerprint density at radius 1 is 1.41 bits per heavy atom. The maximum Gasteiger partial charge on any atom is 0.416 e. The Morgan fingerprint density at radius 3 is 2.73 bits per heavy atom. The lowest BCUT2D eigenvalue weighted by atomic mass is 10.1. The van der Waals surface area contributed by atoms with E-state index in [1.54, 1.807) is 4.90 Å². The monoisotopic (exact) mass is 316 g/mol. The summed E-state index contributed by atoms with van der Waals surface area (Å²) in [5, 5.41) is 3.18. The first-order chi connectivity index (χ1) is 10.4. The fraction of sp³-hybridized carbons (Fsp3) is 0.533. The van der Waals surface area contributed by atoms with Gasteiger partial charge in [-0.3, -0.25) is 4.79 Å². The number of alkyl halides is 3. The first kappa shape index (κ1) is 16.6. The number of ether oxygens (including phenoxy) is 1. The predicted molar refractivity (Wildman–Crippen MR) is 76.0 cm³/mol. The molecular weight excluding hydrogens is 297 g/mol. The summed E-state index contributed by atoms with van der Waals surface area (Å²) in [5.41, 5.74) is -0.870. The van der Waals surface area contributed by atoms with Crippen molar-refractivity contribution in [3.63, 3.8) is 0 Å². The van der Waals surface area contributed by atoms with Crippen molar-refractivity contribution >= 4 is 5.91 Å². The van der Waals surface area contributed by atoms with Crippen molar-refractivity contribution in [3.8, 4) is 5.75 Å². The molecule has 0 saturated carbocycles. The summed E-state index contributed by atoms with van der Waals surface area (Å²) in [6.45, 7) is 3.72. The van der Waals surface area contributed by atoms with E-state index in [4.69, 9.17) is 4.74 Å². The van der Waals surface area contributed by atoms with Gasteiger partial charge in [0, 0.05) is 31.2 Å². The largest absolute Gasteiger partial charge is 0.497 e. The van der Waals surface area contributed by atoms with Gasteiger partial charge in [0.2, 0.25) is 0 Å². The molecule has 122 valence electrons. The predicted octanol–water partition coefficient (Wildman–Crippen LogP) is 2.54. The molecule has 0 radical (unpaired) electrons. The molecule has 1 N–H and O–H groups in total. The molecule has 22 heavy (non-hydrogen) atoms. The smallest absolute Gasteiger partial charge is 0.416 e. The molecule has 1 aromatic rings. The summed E-state index contributed by atoms with van der Waals surface area (Å²) in [7, 11) is 1.28. The van der Waals surface area contributed by atoms with E-state index in [1.165, 1.54) is 13.2 Å².